The molecule has 1 amide bonds. The van der Waals surface area contributed by atoms with Crippen molar-refractivity contribution in [3.8, 4) is 0 Å². The summed E-state index contributed by atoms with van der Waals surface area (Å²) in [5, 5.41) is 0. The van der Waals surface area contributed by atoms with E-state index in [-0.39, 0.29) is 5.92 Å². The lowest BCUT2D eigenvalue weighted by molar-refractivity contribution is -0.140. The van der Waals surface area contributed by atoms with Crippen LogP contribution in [0.2, 0.25) is 0 Å². The molecule has 5 heteroatoms. The third kappa shape index (κ3) is 4.03. The van der Waals surface area contributed by atoms with E-state index in [2.05, 4.69) is 34.9 Å². The van der Waals surface area contributed by atoms with Crippen molar-refractivity contribution in [1.29, 1.82) is 0 Å². The third-order valence-corrected chi connectivity index (χ3v) is 5.88. The Morgan fingerprint density at radius 3 is 2.81 bits per heavy atom. The van der Waals surface area contributed by atoms with Crippen LogP contribution in [0.25, 0.3) is 0 Å². The number of nitrogens with zero attached hydrogens (tertiary/aromatic N) is 4. The molecule has 4 rings (SSSR count). The van der Waals surface area contributed by atoms with Crippen molar-refractivity contribution in [2.45, 2.75) is 45.8 Å². The molecule has 2 aromatic heterocycles. The Morgan fingerprint density at radius 2 is 2.07 bits per heavy atom. The predicted octanol–water partition coefficient (Wildman–Crippen LogP) is 3.04. The highest BCUT2D eigenvalue weighted by molar-refractivity contribution is 5.80. The van der Waals surface area contributed by atoms with Crippen LogP contribution < -0.4 is 0 Å². The first-order chi connectivity index (χ1) is 13.1. The van der Waals surface area contributed by atoms with Crippen molar-refractivity contribution < 1.29 is 4.79 Å². The van der Waals surface area contributed by atoms with E-state index in [4.69, 9.17) is 0 Å². The Bertz CT molecular complexity index is 801. The molecule has 27 heavy (non-hydrogen) atoms. The van der Waals surface area contributed by atoms with Crippen molar-refractivity contribution in [1.82, 2.24) is 19.8 Å². The number of pyridine rings is 2. The van der Waals surface area contributed by atoms with Gasteiger partial charge in [-0.15, -0.1) is 0 Å². The molecule has 0 atom stereocenters. The van der Waals surface area contributed by atoms with E-state index < -0.39 is 0 Å². The van der Waals surface area contributed by atoms with Gasteiger partial charge in [0.2, 0.25) is 5.91 Å². The van der Waals surface area contributed by atoms with E-state index in [1.165, 1.54) is 22.3 Å². The van der Waals surface area contributed by atoms with Crippen molar-refractivity contribution in [3.63, 3.8) is 0 Å². The Labute approximate surface area is 161 Å². The average Bonchev–Trinajstić information content (AvgIpc) is 2.65. The smallest absolute Gasteiger partial charge is 0.226 e. The van der Waals surface area contributed by atoms with E-state index in [0.717, 1.165) is 38.9 Å². The minimum absolute atomic E-state index is 0.253. The highest BCUT2D eigenvalue weighted by Gasteiger charge is 2.35. The largest absolute Gasteiger partial charge is 0.338 e. The molecule has 0 N–H and O–H groups in total. The third-order valence-electron chi connectivity index (χ3n) is 5.88. The molecule has 1 saturated carbocycles. The predicted molar refractivity (Wildman–Crippen MR) is 105 cm³/mol. The molecular weight excluding hydrogens is 336 g/mol. The van der Waals surface area contributed by atoms with Gasteiger partial charge in [-0.05, 0) is 60.5 Å². The lowest BCUT2D eigenvalue weighted by Gasteiger charge is -2.38. The standard InChI is InChI=1S/C22H28N4O/c1-16-8-18(9-16)22(27)26-7-5-21-19(11-24-12-20(21)15-26)14-25(2)13-17-4-3-6-23-10-17/h3-4,6,10-12,16,18H,5,7-9,13-15H2,1-2H3. The lowest BCUT2D eigenvalue weighted by atomic mass is 9.75. The van der Waals surface area contributed by atoms with Crippen molar-refractivity contribution >= 4 is 5.91 Å². The second kappa shape index (κ2) is 7.77. The first-order valence-corrected chi connectivity index (χ1v) is 9.91. The summed E-state index contributed by atoms with van der Waals surface area (Å²) >= 11 is 0. The molecule has 3 heterocycles. The molecule has 0 saturated heterocycles. The zero-order chi connectivity index (χ0) is 18.8. The van der Waals surface area contributed by atoms with Gasteiger partial charge in [-0.25, -0.2) is 0 Å². The van der Waals surface area contributed by atoms with E-state index >= 15 is 0 Å². The second-order valence-electron chi connectivity index (χ2n) is 8.25. The molecule has 1 aliphatic heterocycles. The number of fused-ring (bicyclic) bond motifs is 1. The average molecular weight is 364 g/mol. The topological polar surface area (TPSA) is 49.3 Å². The first kappa shape index (κ1) is 18.1. The summed E-state index contributed by atoms with van der Waals surface area (Å²) in [5.74, 6) is 1.31. The number of amides is 1. The van der Waals surface area contributed by atoms with Gasteiger partial charge in [-0.3, -0.25) is 19.7 Å². The summed E-state index contributed by atoms with van der Waals surface area (Å²) in [7, 11) is 2.13. The molecule has 1 aliphatic carbocycles. The van der Waals surface area contributed by atoms with Crippen LogP contribution in [-0.4, -0.2) is 39.3 Å². The van der Waals surface area contributed by atoms with Gasteiger partial charge >= 0.3 is 0 Å². The van der Waals surface area contributed by atoms with Gasteiger partial charge in [0.15, 0.2) is 0 Å². The van der Waals surface area contributed by atoms with Crippen LogP contribution in [0.4, 0.5) is 0 Å². The normalized spacial score (nSPS) is 21.7. The number of hydrogen-bond donors (Lipinski definition) is 0. The fourth-order valence-corrected chi connectivity index (χ4v) is 4.40. The van der Waals surface area contributed by atoms with Gasteiger partial charge in [0.25, 0.3) is 0 Å². The second-order valence-corrected chi connectivity index (χ2v) is 8.25. The highest BCUT2D eigenvalue weighted by atomic mass is 16.2. The Morgan fingerprint density at radius 1 is 1.22 bits per heavy atom. The van der Waals surface area contributed by atoms with Gasteiger partial charge in [0.1, 0.15) is 0 Å². The van der Waals surface area contributed by atoms with Crippen LogP contribution in [0.1, 0.15) is 42.0 Å². The summed E-state index contributed by atoms with van der Waals surface area (Å²) in [6.07, 6.45) is 10.7. The van der Waals surface area contributed by atoms with Gasteiger partial charge in [0.05, 0.1) is 0 Å². The number of hydrogen-bond acceptors (Lipinski definition) is 4. The van der Waals surface area contributed by atoms with Crippen LogP contribution >= 0.6 is 0 Å². The fourth-order valence-electron chi connectivity index (χ4n) is 4.40. The molecule has 5 nitrogen and oxygen atoms in total. The quantitative estimate of drug-likeness (QED) is 0.818. The van der Waals surface area contributed by atoms with Crippen LogP contribution in [0.15, 0.2) is 36.9 Å². The Hall–Kier alpha value is -2.27. The Balaban J connectivity index is 1.42. The minimum atomic E-state index is 0.253. The molecule has 0 bridgehead atoms. The van der Waals surface area contributed by atoms with E-state index in [1.807, 2.05) is 29.6 Å². The maximum Gasteiger partial charge on any atom is 0.226 e. The number of carbonyl (C=O) groups is 1. The summed E-state index contributed by atoms with van der Waals surface area (Å²) in [6, 6.07) is 4.08. The van der Waals surface area contributed by atoms with Gasteiger partial charge in [0, 0.05) is 56.9 Å². The van der Waals surface area contributed by atoms with Crippen LogP contribution in [-0.2, 0) is 30.8 Å². The maximum absolute atomic E-state index is 12.7. The summed E-state index contributed by atoms with van der Waals surface area (Å²) < 4.78 is 0. The van der Waals surface area contributed by atoms with E-state index in [0.29, 0.717) is 18.4 Å². The van der Waals surface area contributed by atoms with Gasteiger partial charge in [-0.1, -0.05) is 13.0 Å². The van der Waals surface area contributed by atoms with Crippen molar-refractivity contribution in [2.24, 2.45) is 11.8 Å². The molecule has 142 valence electrons. The number of aromatic nitrogens is 2. The van der Waals surface area contributed by atoms with E-state index in [1.54, 1.807) is 6.20 Å². The maximum atomic E-state index is 12.7. The van der Waals surface area contributed by atoms with Crippen LogP contribution in [0.3, 0.4) is 0 Å². The zero-order valence-electron chi connectivity index (χ0n) is 16.3. The van der Waals surface area contributed by atoms with Crippen molar-refractivity contribution in [2.75, 3.05) is 13.6 Å². The molecule has 0 radical (unpaired) electrons. The number of rotatable bonds is 5. The highest BCUT2D eigenvalue weighted by Crippen LogP contribution is 2.35. The Kier molecular flexibility index (Phi) is 5.21. The van der Waals surface area contributed by atoms with Gasteiger partial charge < -0.3 is 4.90 Å². The molecule has 0 spiro atoms. The molecule has 1 fully saturated rings. The molecule has 2 aliphatic rings. The summed E-state index contributed by atoms with van der Waals surface area (Å²) in [5.41, 5.74) is 5.09. The van der Waals surface area contributed by atoms with Gasteiger partial charge in [-0.2, -0.15) is 0 Å². The zero-order valence-corrected chi connectivity index (χ0v) is 16.3. The summed E-state index contributed by atoms with van der Waals surface area (Å²) in [4.78, 5) is 25.7. The minimum Gasteiger partial charge on any atom is -0.338 e. The summed E-state index contributed by atoms with van der Waals surface area (Å²) in [6.45, 7) is 5.50. The first-order valence-electron chi connectivity index (χ1n) is 9.91. The van der Waals surface area contributed by atoms with E-state index in [9.17, 15) is 4.79 Å². The van der Waals surface area contributed by atoms with Crippen LogP contribution in [0.5, 0.6) is 0 Å². The van der Waals surface area contributed by atoms with Crippen molar-refractivity contribution in [3.05, 3.63) is 59.2 Å². The monoisotopic (exact) mass is 364 g/mol. The molecular formula is C22H28N4O. The molecule has 0 aromatic carbocycles. The fraction of sp³-hybridized carbons (Fsp3) is 0.500. The molecule has 2 aromatic rings. The molecule has 0 unspecified atom stereocenters. The van der Waals surface area contributed by atoms with Crippen LogP contribution in [0, 0.1) is 11.8 Å². The number of carbonyl (C=O) groups excluding carboxylic acids is 1. The lowest BCUT2D eigenvalue weighted by Crippen LogP contribution is -2.43. The SMILES string of the molecule is CC1CC(C(=O)N2CCc3c(CN(C)Cc4cccnc4)cncc3C2)C1.